The van der Waals surface area contributed by atoms with Crippen molar-refractivity contribution in [1.29, 1.82) is 0 Å². The van der Waals surface area contributed by atoms with Gasteiger partial charge in [0.15, 0.2) is 0 Å². The zero-order chi connectivity index (χ0) is 11.5. The highest BCUT2D eigenvalue weighted by molar-refractivity contribution is 7.89. The number of nitrogens with one attached hydrogen (secondary N) is 1. The molecular formula is C10H16N2O2S. The molecule has 0 heterocycles. The summed E-state index contributed by atoms with van der Waals surface area (Å²) in [4.78, 5) is 0.247. The van der Waals surface area contributed by atoms with Crippen LogP contribution in [0.2, 0.25) is 0 Å². The van der Waals surface area contributed by atoms with Gasteiger partial charge in [-0.15, -0.1) is 0 Å². The summed E-state index contributed by atoms with van der Waals surface area (Å²) in [5.41, 5.74) is 6.04. The van der Waals surface area contributed by atoms with Gasteiger partial charge in [-0.2, -0.15) is 0 Å². The molecule has 0 aliphatic rings. The van der Waals surface area contributed by atoms with E-state index in [1.807, 2.05) is 13.8 Å². The van der Waals surface area contributed by atoms with Gasteiger partial charge in [0.2, 0.25) is 10.0 Å². The van der Waals surface area contributed by atoms with Crippen molar-refractivity contribution in [1.82, 2.24) is 4.72 Å². The van der Waals surface area contributed by atoms with E-state index < -0.39 is 10.0 Å². The average molecular weight is 228 g/mol. The molecule has 0 aliphatic heterocycles. The van der Waals surface area contributed by atoms with Gasteiger partial charge >= 0.3 is 0 Å². The van der Waals surface area contributed by atoms with Crippen LogP contribution in [0.5, 0.6) is 0 Å². The molecule has 0 spiro atoms. The first-order valence-electron chi connectivity index (χ1n) is 4.83. The van der Waals surface area contributed by atoms with Gasteiger partial charge in [-0.25, -0.2) is 13.1 Å². The van der Waals surface area contributed by atoms with Crippen LogP contribution in [0.1, 0.15) is 20.3 Å². The number of rotatable bonds is 4. The molecule has 0 fully saturated rings. The lowest BCUT2D eigenvalue weighted by Crippen LogP contribution is -2.31. The molecule has 0 saturated carbocycles. The van der Waals surface area contributed by atoms with Crippen LogP contribution in [0.4, 0.5) is 5.69 Å². The number of benzene rings is 1. The molecule has 0 aromatic heterocycles. The fourth-order valence-electron chi connectivity index (χ4n) is 1.06. The second-order valence-corrected chi connectivity index (χ2v) is 5.21. The van der Waals surface area contributed by atoms with Crippen LogP contribution in [0.25, 0.3) is 0 Å². The number of nitrogen functional groups attached to an aromatic ring is 1. The van der Waals surface area contributed by atoms with Crippen LogP contribution in [0.15, 0.2) is 29.2 Å². The smallest absolute Gasteiger partial charge is 0.240 e. The Balaban J connectivity index is 2.91. The Morgan fingerprint density at radius 3 is 2.33 bits per heavy atom. The van der Waals surface area contributed by atoms with Crippen molar-refractivity contribution in [2.45, 2.75) is 31.2 Å². The van der Waals surface area contributed by atoms with Crippen molar-refractivity contribution in [3.8, 4) is 0 Å². The predicted molar refractivity (Wildman–Crippen MR) is 60.9 cm³/mol. The largest absolute Gasteiger partial charge is 0.399 e. The first-order chi connectivity index (χ1) is 6.95. The lowest BCUT2D eigenvalue weighted by Gasteiger charge is -2.11. The maximum Gasteiger partial charge on any atom is 0.240 e. The van der Waals surface area contributed by atoms with Gasteiger partial charge in [0.25, 0.3) is 0 Å². The molecule has 5 heteroatoms. The summed E-state index contributed by atoms with van der Waals surface area (Å²) in [6.07, 6.45) is 0.758. The Hall–Kier alpha value is -1.07. The van der Waals surface area contributed by atoms with Crippen molar-refractivity contribution in [3.63, 3.8) is 0 Å². The maximum atomic E-state index is 11.8. The summed E-state index contributed by atoms with van der Waals surface area (Å²) in [5, 5.41) is 0. The topological polar surface area (TPSA) is 72.2 Å². The molecule has 0 radical (unpaired) electrons. The number of hydrogen-bond acceptors (Lipinski definition) is 3. The van der Waals surface area contributed by atoms with Gasteiger partial charge < -0.3 is 5.73 Å². The lowest BCUT2D eigenvalue weighted by molar-refractivity contribution is 0.556. The molecule has 15 heavy (non-hydrogen) atoms. The third-order valence-electron chi connectivity index (χ3n) is 2.16. The van der Waals surface area contributed by atoms with Crippen molar-refractivity contribution in [2.24, 2.45) is 0 Å². The van der Waals surface area contributed by atoms with Crippen LogP contribution in [0, 0.1) is 0 Å². The molecule has 0 bridgehead atoms. The average Bonchev–Trinajstić information content (AvgIpc) is 2.17. The fourth-order valence-corrected chi connectivity index (χ4v) is 2.39. The second kappa shape index (κ2) is 4.63. The van der Waals surface area contributed by atoms with Gasteiger partial charge in [0, 0.05) is 11.7 Å². The summed E-state index contributed by atoms with van der Waals surface area (Å²) in [6, 6.07) is 6.09. The summed E-state index contributed by atoms with van der Waals surface area (Å²) in [7, 11) is -3.39. The molecule has 1 aromatic rings. The summed E-state index contributed by atoms with van der Waals surface area (Å²) in [5.74, 6) is 0. The molecular weight excluding hydrogens is 212 g/mol. The highest BCUT2D eigenvalue weighted by Gasteiger charge is 2.15. The third kappa shape index (κ3) is 3.21. The van der Waals surface area contributed by atoms with E-state index in [2.05, 4.69) is 4.72 Å². The lowest BCUT2D eigenvalue weighted by atomic mass is 10.3. The molecule has 1 aromatic carbocycles. The van der Waals surface area contributed by atoms with Gasteiger partial charge in [-0.05, 0) is 37.6 Å². The highest BCUT2D eigenvalue weighted by atomic mass is 32.2. The van der Waals surface area contributed by atoms with E-state index in [4.69, 9.17) is 5.73 Å². The Bertz CT molecular complexity index is 412. The second-order valence-electron chi connectivity index (χ2n) is 3.50. The quantitative estimate of drug-likeness (QED) is 0.764. The summed E-state index contributed by atoms with van der Waals surface area (Å²) in [6.45, 7) is 3.75. The Kier molecular flexibility index (Phi) is 3.71. The van der Waals surface area contributed by atoms with Crippen molar-refractivity contribution in [3.05, 3.63) is 24.3 Å². The van der Waals surface area contributed by atoms with Gasteiger partial charge in [-0.3, -0.25) is 0 Å². The van der Waals surface area contributed by atoms with E-state index in [-0.39, 0.29) is 10.9 Å². The molecule has 0 amide bonds. The standard InChI is InChI=1S/C10H16N2O2S/c1-3-8(2)12-15(13,14)10-6-4-9(11)5-7-10/h4-8,12H,3,11H2,1-2H3/t8-/m1/s1. The number of sulfonamides is 1. The number of nitrogens with two attached hydrogens (primary N) is 1. The van der Waals surface area contributed by atoms with Crippen LogP contribution in [-0.4, -0.2) is 14.5 Å². The van der Waals surface area contributed by atoms with Crippen LogP contribution >= 0.6 is 0 Å². The zero-order valence-corrected chi connectivity index (χ0v) is 9.71. The van der Waals surface area contributed by atoms with Crippen LogP contribution in [-0.2, 0) is 10.0 Å². The van der Waals surface area contributed by atoms with Crippen LogP contribution < -0.4 is 10.5 Å². The monoisotopic (exact) mass is 228 g/mol. The van der Waals surface area contributed by atoms with Crippen LogP contribution in [0.3, 0.4) is 0 Å². The van der Waals surface area contributed by atoms with Gasteiger partial charge in [0.05, 0.1) is 4.90 Å². The highest BCUT2D eigenvalue weighted by Crippen LogP contribution is 2.12. The van der Waals surface area contributed by atoms with Gasteiger partial charge in [-0.1, -0.05) is 6.92 Å². The van der Waals surface area contributed by atoms with E-state index >= 15 is 0 Å². The Morgan fingerprint density at radius 1 is 1.33 bits per heavy atom. The molecule has 1 rings (SSSR count). The van der Waals surface area contributed by atoms with E-state index in [0.717, 1.165) is 6.42 Å². The molecule has 0 aliphatic carbocycles. The first-order valence-corrected chi connectivity index (χ1v) is 6.32. The van der Waals surface area contributed by atoms with E-state index in [1.54, 1.807) is 12.1 Å². The third-order valence-corrected chi connectivity index (χ3v) is 3.76. The molecule has 1 atom stereocenters. The molecule has 84 valence electrons. The Labute approximate surface area is 90.5 Å². The molecule has 4 nitrogen and oxygen atoms in total. The minimum absolute atomic E-state index is 0.0625. The maximum absolute atomic E-state index is 11.8. The summed E-state index contributed by atoms with van der Waals surface area (Å²) >= 11 is 0. The normalized spacial score (nSPS) is 13.7. The first kappa shape index (κ1) is 12.0. The van der Waals surface area contributed by atoms with Crippen molar-refractivity contribution >= 4 is 15.7 Å². The SMILES string of the molecule is CC[C@@H](C)NS(=O)(=O)c1ccc(N)cc1. The minimum atomic E-state index is -3.39. The molecule has 0 unspecified atom stereocenters. The van der Waals surface area contributed by atoms with Gasteiger partial charge in [0.1, 0.15) is 0 Å². The van der Waals surface area contributed by atoms with E-state index in [0.29, 0.717) is 5.69 Å². The molecule has 0 saturated heterocycles. The Morgan fingerprint density at radius 2 is 1.87 bits per heavy atom. The number of anilines is 1. The predicted octanol–water partition coefficient (Wildman–Crippen LogP) is 1.35. The van der Waals surface area contributed by atoms with Crippen molar-refractivity contribution < 1.29 is 8.42 Å². The fraction of sp³-hybridized carbons (Fsp3) is 0.400. The zero-order valence-electron chi connectivity index (χ0n) is 8.90. The minimum Gasteiger partial charge on any atom is -0.399 e. The molecule has 3 N–H and O–H groups in total. The van der Waals surface area contributed by atoms with Crippen molar-refractivity contribution in [2.75, 3.05) is 5.73 Å². The van der Waals surface area contributed by atoms with E-state index in [9.17, 15) is 8.42 Å². The van der Waals surface area contributed by atoms with E-state index in [1.165, 1.54) is 12.1 Å². The summed E-state index contributed by atoms with van der Waals surface area (Å²) < 4.78 is 26.1. The number of hydrogen-bond donors (Lipinski definition) is 2.